The van der Waals surface area contributed by atoms with Crippen molar-refractivity contribution in [3.8, 4) is 0 Å². The highest BCUT2D eigenvalue weighted by molar-refractivity contribution is 5.48. The molecule has 0 saturated heterocycles. The molecule has 1 N–H and O–H groups in total. The van der Waals surface area contributed by atoms with Gasteiger partial charge in [0, 0.05) is 19.0 Å². The van der Waals surface area contributed by atoms with Crippen LogP contribution in [0.5, 0.6) is 0 Å². The van der Waals surface area contributed by atoms with Crippen molar-refractivity contribution in [1.29, 1.82) is 0 Å². The molecule has 0 atom stereocenters. The predicted molar refractivity (Wildman–Crippen MR) is 49.7 cm³/mol. The van der Waals surface area contributed by atoms with E-state index >= 15 is 0 Å². The number of aliphatic hydroxyl groups is 1. The normalized spacial score (nSPS) is 10.8. The Bertz CT molecular complexity index is 268. The number of hydrogen-bond donors (Lipinski definition) is 1. The smallest absolute Gasteiger partial charge is 0.0465 e. The van der Waals surface area contributed by atoms with Crippen LogP contribution in [0.2, 0.25) is 0 Å². The summed E-state index contributed by atoms with van der Waals surface area (Å²) in [7, 11) is 0. The van der Waals surface area contributed by atoms with Crippen LogP contribution in [-0.2, 0) is 0 Å². The topological polar surface area (TPSA) is 33.1 Å². The average Bonchev–Trinajstić information content (AvgIpc) is 2.05. The molecular weight excluding hydrogens is 150 g/mol. The van der Waals surface area contributed by atoms with Crippen LogP contribution in [-0.4, -0.2) is 16.7 Å². The van der Waals surface area contributed by atoms with Crippen molar-refractivity contribution in [2.45, 2.75) is 13.3 Å². The second-order valence-electron chi connectivity index (χ2n) is 2.71. The lowest BCUT2D eigenvalue weighted by molar-refractivity contribution is 0.303. The van der Waals surface area contributed by atoms with Crippen molar-refractivity contribution in [1.82, 2.24) is 4.98 Å². The SMILES string of the molecule is Cc1cncc(C=CCCO)c1. The Morgan fingerprint density at radius 3 is 3.00 bits per heavy atom. The molecule has 0 saturated carbocycles. The summed E-state index contributed by atoms with van der Waals surface area (Å²) in [5.74, 6) is 0. The summed E-state index contributed by atoms with van der Waals surface area (Å²) in [6.07, 6.45) is 8.24. The van der Waals surface area contributed by atoms with Gasteiger partial charge in [-0.3, -0.25) is 4.98 Å². The van der Waals surface area contributed by atoms with Gasteiger partial charge >= 0.3 is 0 Å². The van der Waals surface area contributed by atoms with Crippen molar-refractivity contribution in [3.63, 3.8) is 0 Å². The summed E-state index contributed by atoms with van der Waals surface area (Å²) in [5, 5.41) is 8.53. The Kier molecular flexibility index (Phi) is 3.48. The van der Waals surface area contributed by atoms with E-state index in [9.17, 15) is 0 Å². The molecule has 1 aromatic heterocycles. The van der Waals surface area contributed by atoms with Gasteiger partial charge in [0.25, 0.3) is 0 Å². The second-order valence-corrected chi connectivity index (χ2v) is 2.71. The standard InChI is InChI=1S/C10H13NO/c1-9-6-10(8-11-7-9)4-2-3-5-12/h2,4,6-8,12H,3,5H2,1H3. The molecule has 0 aromatic carbocycles. The lowest BCUT2D eigenvalue weighted by Gasteiger charge is -1.93. The molecule has 1 aromatic rings. The first-order valence-corrected chi connectivity index (χ1v) is 4.02. The lowest BCUT2D eigenvalue weighted by atomic mass is 10.2. The molecule has 1 rings (SSSR count). The Balaban J connectivity index is 2.63. The fourth-order valence-corrected chi connectivity index (χ4v) is 0.963. The maximum absolute atomic E-state index is 8.53. The minimum atomic E-state index is 0.204. The van der Waals surface area contributed by atoms with Crippen molar-refractivity contribution < 1.29 is 5.11 Å². The molecule has 0 aliphatic heterocycles. The fourth-order valence-electron chi connectivity index (χ4n) is 0.963. The van der Waals surface area contributed by atoms with Crippen LogP contribution >= 0.6 is 0 Å². The number of pyridine rings is 1. The third-order valence-electron chi connectivity index (χ3n) is 1.50. The Morgan fingerprint density at radius 2 is 2.33 bits per heavy atom. The molecular formula is C10H13NO. The van der Waals surface area contributed by atoms with Gasteiger partial charge in [-0.2, -0.15) is 0 Å². The molecule has 0 unspecified atom stereocenters. The van der Waals surface area contributed by atoms with Crippen LogP contribution in [0.4, 0.5) is 0 Å². The summed E-state index contributed by atoms with van der Waals surface area (Å²) >= 11 is 0. The van der Waals surface area contributed by atoms with Gasteiger partial charge in [0.2, 0.25) is 0 Å². The molecule has 0 amide bonds. The van der Waals surface area contributed by atoms with Crippen LogP contribution in [0, 0.1) is 6.92 Å². The van der Waals surface area contributed by atoms with Gasteiger partial charge in [-0.1, -0.05) is 12.2 Å². The summed E-state index contributed by atoms with van der Waals surface area (Å²) in [5.41, 5.74) is 2.24. The predicted octanol–water partition coefficient (Wildman–Crippen LogP) is 1.79. The Labute approximate surface area is 72.6 Å². The van der Waals surface area contributed by atoms with E-state index in [1.54, 1.807) is 6.20 Å². The summed E-state index contributed by atoms with van der Waals surface area (Å²) in [6.45, 7) is 2.21. The fraction of sp³-hybridized carbons (Fsp3) is 0.300. The number of aryl methyl sites for hydroxylation is 1. The average molecular weight is 163 g/mol. The summed E-state index contributed by atoms with van der Waals surface area (Å²) in [4.78, 5) is 4.05. The highest BCUT2D eigenvalue weighted by Crippen LogP contribution is 2.03. The van der Waals surface area contributed by atoms with Gasteiger partial charge in [0.05, 0.1) is 0 Å². The third kappa shape index (κ3) is 2.84. The molecule has 1 heterocycles. The zero-order valence-electron chi connectivity index (χ0n) is 7.20. The minimum Gasteiger partial charge on any atom is -0.396 e. The van der Waals surface area contributed by atoms with Gasteiger partial charge < -0.3 is 5.11 Å². The minimum absolute atomic E-state index is 0.204. The molecule has 64 valence electrons. The highest BCUT2D eigenvalue weighted by Gasteiger charge is 1.86. The van der Waals surface area contributed by atoms with E-state index in [0.29, 0.717) is 6.42 Å². The van der Waals surface area contributed by atoms with E-state index in [-0.39, 0.29) is 6.61 Å². The van der Waals surface area contributed by atoms with E-state index in [2.05, 4.69) is 11.1 Å². The van der Waals surface area contributed by atoms with Crippen molar-refractivity contribution in [2.24, 2.45) is 0 Å². The Morgan fingerprint density at radius 1 is 1.50 bits per heavy atom. The zero-order chi connectivity index (χ0) is 8.81. The van der Waals surface area contributed by atoms with Crippen molar-refractivity contribution in [3.05, 3.63) is 35.7 Å². The third-order valence-corrected chi connectivity index (χ3v) is 1.50. The van der Waals surface area contributed by atoms with Gasteiger partial charge in [0.15, 0.2) is 0 Å². The molecule has 0 radical (unpaired) electrons. The number of aromatic nitrogens is 1. The second kappa shape index (κ2) is 4.67. The van der Waals surface area contributed by atoms with Crippen LogP contribution in [0.1, 0.15) is 17.5 Å². The van der Waals surface area contributed by atoms with Crippen molar-refractivity contribution in [2.75, 3.05) is 6.61 Å². The lowest BCUT2D eigenvalue weighted by Crippen LogP contribution is -1.80. The number of aliphatic hydroxyl groups excluding tert-OH is 1. The molecule has 2 heteroatoms. The molecule has 12 heavy (non-hydrogen) atoms. The first kappa shape index (κ1) is 8.94. The highest BCUT2D eigenvalue weighted by atomic mass is 16.2. The number of rotatable bonds is 3. The molecule has 0 spiro atoms. The number of nitrogens with zero attached hydrogens (tertiary/aromatic N) is 1. The van der Waals surface area contributed by atoms with Gasteiger partial charge in [-0.15, -0.1) is 0 Å². The van der Waals surface area contributed by atoms with E-state index < -0.39 is 0 Å². The van der Waals surface area contributed by atoms with Gasteiger partial charge in [0.1, 0.15) is 0 Å². The molecule has 0 bridgehead atoms. The van der Waals surface area contributed by atoms with Crippen LogP contribution < -0.4 is 0 Å². The van der Waals surface area contributed by atoms with E-state index in [0.717, 1.165) is 11.1 Å². The summed E-state index contributed by atoms with van der Waals surface area (Å²) < 4.78 is 0. The first-order chi connectivity index (χ1) is 5.83. The number of hydrogen-bond acceptors (Lipinski definition) is 2. The molecule has 0 aliphatic rings. The zero-order valence-corrected chi connectivity index (χ0v) is 7.20. The monoisotopic (exact) mass is 163 g/mol. The van der Waals surface area contributed by atoms with Gasteiger partial charge in [-0.05, 0) is 30.5 Å². The molecule has 0 aliphatic carbocycles. The molecule has 0 fully saturated rings. The molecule has 2 nitrogen and oxygen atoms in total. The van der Waals surface area contributed by atoms with Crippen LogP contribution in [0.25, 0.3) is 6.08 Å². The quantitative estimate of drug-likeness (QED) is 0.736. The summed E-state index contributed by atoms with van der Waals surface area (Å²) in [6, 6.07) is 2.06. The van der Waals surface area contributed by atoms with E-state index in [1.165, 1.54) is 0 Å². The van der Waals surface area contributed by atoms with E-state index in [1.807, 2.05) is 25.3 Å². The van der Waals surface area contributed by atoms with Crippen LogP contribution in [0.15, 0.2) is 24.5 Å². The maximum Gasteiger partial charge on any atom is 0.0465 e. The maximum atomic E-state index is 8.53. The van der Waals surface area contributed by atoms with E-state index in [4.69, 9.17) is 5.11 Å². The van der Waals surface area contributed by atoms with Gasteiger partial charge in [-0.25, -0.2) is 0 Å². The first-order valence-electron chi connectivity index (χ1n) is 4.02. The largest absolute Gasteiger partial charge is 0.396 e. The van der Waals surface area contributed by atoms with Crippen molar-refractivity contribution >= 4 is 6.08 Å². The van der Waals surface area contributed by atoms with Crippen LogP contribution in [0.3, 0.4) is 0 Å². The Hall–Kier alpha value is -1.15.